The molecule has 2 rings (SSSR count). The van der Waals surface area contributed by atoms with E-state index in [0.717, 1.165) is 0 Å². The summed E-state index contributed by atoms with van der Waals surface area (Å²) in [7, 11) is 0. The quantitative estimate of drug-likeness (QED) is 0.484. The van der Waals surface area contributed by atoms with Crippen LogP contribution in [0, 0.1) is 10.1 Å². The van der Waals surface area contributed by atoms with Crippen molar-refractivity contribution < 1.29 is 19.2 Å². The molecule has 120 valence electrons. The second-order valence-corrected chi connectivity index (χ2v) is 6.06. The Kier molecular flexibility index (Phi) is 4.65. The minimum absolute atomic E-state index is 0.0306. The van der Waals surface area contributed by atoms with Gasteiger partial charge in [0.25, 0.3) is 5.69 Å². The number of nitrogens with zero attached hydrogens (tertiary/aromatic N) is 2. The molecule has 1 aliphatic rings. The molecule has 1 aromatic rings. The predicted octanol–water partition coefficient (Wildman–Crippen LogP) is 2.39. The number of nitro benzene ring substituents is 1. The molecule has 0 N–H and O–H groups in total. The van der Waals surface area contributed by atoms with Crippen LogP contribution in [-0.2, 0) is 9.47 Å². The van der Waals surface area contributed by atoms with Crippen molar-refractivity contribution >= 4 is 17.3 Å². The van der Waals surface area contributed by atoms with Gasteiger partial charge in [-0.3, -0.25) is 10.1 Å². The van der Waals surface area contributed by atoms with E-state index in [1.54, 1.807) is 26.8 Å². The van der Waals surface area contributed by atoms with Gasteiger partial charge < -0.3 is 14.4 Å². The second-order valence-electron chi connectivity index (χ2n) is 6.06. The van der Waals surface area contributed by atoms with Gasteiger partial charge in [0.2, 0.25) is 0 Å². The first-order valence-electron chi connectivity index (χ1n) is 7.12. The van der Waals surface area contributed by atoms with Gasteiger partial charge >= 0.3 is 5.97 Å². The van der Waals surface area contributed by atoms with Gasteiger partial charge in [0.05, 0.1) is 18.1 Å². The van der Waals surface area contributed by atoms with Crippen molar-refractivity contribution in [3.8, 4) is 0 Å². The van der Waals surface area contributed by atoms with Crippen LogP contribution in [0.5, 0.6) is 0 Å². The third-order valence-electron chi connectivity index (χ3n) is 3.17. The Hall–Kier alpha value is -2.15. The third-order valence-corrected chi connectivity index (χ3v) is 3.17. The van der Waals surface area contributed by atoms with Gasteiger partial charge in [-0.15, -0.1) is 0 Å². The van der Waals surface area contributed by atoms with E-state index in [1.807, 2.05) is 4.90 Å². The number of morpholine rings is 1. The molecule has 0 amide bonds. The Morgan fingerprint density at radius 1 is 1.32 bits per heavy atom. The van der Waals surface area contributed by atoms with Gasteiger partial charge in [-0.25, -0.2) is 4.79 Å². The maximum absolute atomic E-state index is 12.1. The van der Waals surface area contributed by atoms with E-state index in [0.29, 0.717) is 32.0 Å². The fourth-order valence-corrected chi connectivity index (χ4v) is 2.20. The molecule has 0 atom stereocenters. The Labute approximate surface area is 129 Å². The lowest BCUT2D eigenvalue weighted by Crippen LogP contribution is -2.36. The number of esters is 1. The summed E-state index contributed by atoms with van der Waals surface area (Å²) in [6.07, 6.45) is 0. The van der Waals surface area contributed by atoms with Gasteiger partial charge in [-0.05, 0) is 32.9 Å². The number of anilines is 1. The zero-order valence-electron chi connectivity index (χ0n) is 13.0. The number of rotatable bonds is 3. The first kappa shape index (κ1) is 16.2. The van der Waals surface area contributed by atoms with Crippen LogP contribution in [0.4, 0.5) is 11.4 Å². The summed E-state index contributed by atoms with van der Waals surface area (Å²) in [5.74, 6) is -0.687. The fourth-order valence-electron chi connectivity index (χ4n) is 2.20. The number of carbonyl (C=O) groups excluding carboxylic acids is 1. The van der Waals surface area contributed by atoms with Crippen LogP contribution in [0.25, 0.3) is 0 Å². The number of benzene rings is 1. The number of hydrogen-bond donors (Lipinski definition) is 0. The lowest BCUT2D eigenvalue weighted by molar-refractivity contribution is -0.385. The van der Waals surface area contributed by atoms with Gasteiger partial charge in [-0.1, -0.05) is 0 Å². The van der Waals surface area contributed by atoms with Crippen molar-refractivity contribution in [1.82, 2.24) is 0 Å². The zero-order valence-corrected chi connectivity index (χ0v) is 13.0. The standard InChI is InChI=1S/C15H20N2O5/c1-15(2,3)22-14(18)12-5-4-11(10-13(12)17(19)20)16-6-8-21-9-7-16/h4-5,10H,6-9H2,1-3H3. The van der Waals surface area contributed by atoms with Gasteiger partial charge in [0, 0.05) is 24.8 Å². The topological polar surface area (TPSA) is 81.9 Å². The molecule has 0 radical (unpaired) electrons. The highest BCUT2D eigenvalue weighted by atomic mass is 16.6. The van der Waals surface area contributed by atoms with Crippen LogP contribution in [-0.4, -0.2) is 42.8 Å². The molecular formula is C15H20N2O5. The predicted molar refractivity (Wildman–Crippen MR) is 81.3 cm³/mol. The number of hydrogen-bond acceptors (Lipinski definition) is 6. The summed E-state index contributed by atoms with van der Waals surface area (Å²) in [6.45, 7) is 7.67. The fraction of sp³-hybridized carbons (Fsp3) is 0.533. The first-order valence-corrected chi connectivity index (χ1v) is 7.12. The molecule has 0 unspecified atom stereocenters. The van der Waals surface area contributed by atoms with Crippen molar-refractivity contribution in [3.05, 3.63) is 33.9 Å². The van der Waals surface area contributed by atoms with Gasteiger partial charge in [0.15, 0.2) is 0 Å². The molecule has 1 heterocycles. The van der Waals surface area contributed by atoms with Crippen LogP contribution in [0.3, 0.4) is 0 Å². The van der Waals surface area contributed by atoms with Crippen molar-refractivity contribution in [3.63, 3.8) is 0 Å². The maximum atomic E-state index is 12.1. The Morgan fingerprint density at radius 2 is 1.95 bits per heavy atom. The molecule has 7 nitrogen and oxygen atoms in total. The smallest absolute Gasteiger partial charge is 0.345 e. The Morgan fingerprint density at radius 3 is 2.50 bits per heavy atom. The van der Waals surface area contributed by atoms with Crippen LogP contribution in [0.1, 0.15) is 31.1 Å². The lowest BCUT2D eigenvalue weighted by Gasteiger charge is -2.28. The van der Waals surface area contributed by atoms with E-state index in [1.165, 1.54) is 12.1 Å². The summed E-state index contributed by atoms with van der Waals surface area (Å²) >= 11 is 0. The van der Waals surface area contributed by atoms with E-state index in [4.69, 9.17) is 9.47 Å². The maximum Gasteiger partial charge on any atom is 0.345 e. The highest BCUT2D eigenvalue weighted by Crippen LogP contribution is 2.28. The van der Waals surface area contributed by atoms with E-state index in [-0.39, 0.29) is 11.3 Å². The van der Waals surface area contributed by atoms with E-state index in [9.17, 15) is 14.9 Å². The van der Waals surface area contributed by atoms with Crippen molar-refractivity contribution in [2.24, 2.45) is 0 Å². The molecule has 1 aromatic carbocycles. The van der Waals surface area contributed by atoms with Crippen molar-refractivity contribution in [1.29, 1.82) is 0 Å². The van der Waals surface area contributed by atoms with Crippen LogP contribution >= 0.6 is 0 Å². The minimum Gasteiger partial charge on any atom is -0.456 e. The summed E-state index contributed by atoms with van der Waals surface area (Å²) < 4.78 is 10.5. The molecule has 0 spiro atoms. The Balaban J connectivity index is 2.31. The molecule has 22 heavy (non-hydrogen) atoms. The number of nitro groups is 1. The molecule has 0 aromatic heterocycles. The summed E-state index contributed by atoms with van der Waals surface area (Å²) in [4.78, 5) is 24.8. The first-order chi connectivity index (χ1) is 10.3. The van der Waals surface area contributed by atoms with Crippen LogP contribution in [0.15, 0.2) is 18.2 Å². The Bertz CT molecular complexity index is 574. The van der Waals surface area contributed by atoms with Crippen LogP contribution < -0.4 is 4.90 Å². The number of carbonyl (C=O) groups is 1. The van der Waals surface area contributed by atoms with Crippen molar-refractivity contribution in [2.45, 2.75) is 26.4 Å². The summed E-state index contributed by atoms with van der Waals surface area (Å²) in [6, 6.07) is 4.58. The van der Waals surface area contributed by atoms with Crippen molar-refractivity contribution in [2.75, 3.05) is 31.2 Å². The summed E-state index contributed by atoms with van der Waals surface area (Å²) in [5.41, 5.74) is -0.258. The average molecular weight is 308 g/mol. The molecule has 0 bridgehead atoms. The van der Waals surface area contributed by atoms with E-state index >= 15 is 0 Å². The van der Waals surface area contributed by atoms with Gasteiger partial charge in [-0.2, -0.15) is 0 Å². The molecule has 1 fully saturated rings. The SMILES string of the molecule is CC(C)(C)OC(=O)c1ccc(N2CCOCC2)cc1[N+](=O)[O-]. The lowest BCUT2D eigenvalue weighted by atomic mass is 10.1. The van der Waals surface area contributed by atoms with Crippen LogP contribution in [0.2, 0.25) is 0 Å². The molecule has 0 saturated carbocycles. The number of ether oxygens (including phenoxy) is 2. The third kappa shape index (κ3) is 3.94. The minimum atomic E-state index is -0.701. The average Bonchev–Trinajstić information content (AvgIpc) is 2.45. The largest absolute Gasteiger partial charge is 0.456 e. The molecule has 7 heteroatoms. The zero-order chi connectivity index (χ0) is 16.3. The normalized spacial score (nSPS) is 15.5. The monoisotopic (exact) mass is 308 g/mol. The second kappa shape index (κ2) is 6.31. The van der Waals surface area contributed by atoms with E-state index < -0.39 is 16.5 Å². The highest BCUT2D eigenvalue weighted by molar-refractivity contribution is 5.95. The van der Waals surface area contributed by atoms with E-state index in [2.05, 4.69) is 0 Å². The molecular weight excluding hydrogens is 288 g/mol. The highest BCUT2D eigenvalue weighted by Gasteiger charge is 2.27. The molecule has 1 aliphatic heterocycles. The van der Waals surface area contributed by atoms with Gasteiger partial charge in [0.1, 0.15) is 11.2 Å². The molecule has 0 aliphatic carbocycles. The summed E-state index contributed by atoms with van der Waals surface area (Å²) in [5, 5.41) is 11.3. The molecule has 1 saturated heterocycles.